The highest BCUT2D eigenvalue weighted by Crippen LogP contribution is 2.44. The summed E-state index contributed by atoms with van der Waals surface area (Å²) in [7, 11) is 0. The number of fused-ring (bicyclic) bond motifs is 1. The molecule has 6 heteroatoms. The van der Waals surface area contributed by atoms with E-state index in [2.05, 4.69) is 53.9 Å². The fourth-order valence-corrected chi connectivity index (χ4v) is 4.85. The highest BCUT2D eigenvalue weighted by Gasteiger charge is 2.39. The van der Waals surface area contributed by atoms with Crippen molar-refractivity contribution in [1.82, 2.24) is 9.97 Å². The Balaban J connectivity index is 1.27. The van der Waals surface area contributed by atoms with Gasteiger partial charge in [-0.3, -0.25) is 4.79 Å². The van der Waals surface area contributed by atoms with Crippen molar-refractivity contribution in [3.63, 3.8) is 0 Å². The molecule has 5 rings (SSSR count). The van der Waals surface area contributed by atoms with E-state index in [-0.39, 0.29) is 11.4 Å². The van der Waals surface area contributed by atoms with E-state index in [1.807, 2.05) is 51.1 Å². The van der Waals surface area contributed by atoms with Gasteiger partial charge in [0.2, 0.25) is 0 Å². The van der Waals surface area contributed by atoms with Gasteiger partial charge in [-0.1, -0.05) is 53.8 Å². The van der Waals surface area contributed by atoms with Gasteiger partial charge in [-0.25, -0.2) is 9.97 Å². The van der Waals surface area contributed by atoms with Crippen LogP contribution in [-0.2, 0) is 14.9 Å². The van der Waals surface area contributed by atoms with Gasteiger partial charge in [0.15, 0.2) is 0 Å². The monoisotopic (exact) mass is 469 g/mol. The van der Waals surface area contributed by atoms with Crippen LogP contribution in [0.4, 0.5) is 5.69 Å². The summed E-state index contributed by atoms with van der Waals surface area (Å²) in [5.74, 6) is -0.201. The van der Waals surface area contributed by atoms with E-state index in [9.17, 15) is 4.79 Å². The fraction of sp³-hybridized carbons (Fsp3) is 0.250. The third-order valence-corrected chi connectivity index (χ3v) is 6.66. The lowest BCUT2D eigenvalue weighted by molar-refractivity contribution is -0.154. The van der Waals surface area contributed by atoms with Crippen molar-refractivity contribution >= 4 is 33.3 Å². The van der Waals surface area contributed by atoms with Crippen molar-refractivity contribution in [3.05, 3.63) is 90.1 Å². The molecular formula is C28H27N3O2S. The number of nitrogens with zero attached hydrogens (tertiary/aromatic N) is 2. The summed E-state index contributed by atoms with van der Waals surface area (Å²) in [6, 6.07) is 22.7. The quantitative estimate of drug-likeness (QED) is 0.252. The molecule has 2 aromatic carbocycles. The molecule has 0 amide bonds. The zero-order valence-electron chi connectivity index (χ0n) is 19.5. The zero-order chi connectivity index (χ0) is 23.8. The van der Waals surface area contributed by atoms with E-state index < -0.39 is 5.60 Å². The molecule has 5 nitrogen and oxygen atoms in total. The molecule has 0 aliphatic heterocycles. The number of aromatic nitrogens is 2. The average molecular weight is 470 g/mol. The first-order chi connectivity index (χ1) is 16.3. The van der Waals surface area contributed by atoms with Crippen LogP contribution in [0.5, 0.6) is 0 Å². The lowest BCUT2D eigenvalue weighted by Crippen LogP contribution is -2.25. The minimum absolute atomic E-state index is 0.188. The topological polar surface area (TPSA) is 64.1 Å². The smallest absolute Gasteiger partial charge is 0.308 e. The Hall–Kier alpha value is -3.51. The van der Waals surface area contributed by atoms with Gasteiger partial charge < -0.3 is 10.1 Å². The predicted molar refractivity (Wildman–Crippen MR) is 138 cm³/mol. The molecule has 0 bridgehead atoms. The third kappa shape index (κ3) is 4.73. The van der Waals surface area contributed by atoms with Crippen LogP contribution in [0.15, 0.2) is 78.9 Å². The van der Waals surface area contributed by atoms with Crippen molar-refractivity contribution in [1.29, 1.82) is 0 Å². The molecule has 0 atom stereocenters. The normalized spacial score (nSPS) is 14.2. The van der Waals surface area contributed by atoms with Gasteiger partial charge in [0, 0.05) is 17.8 Å². The van der Waals surface area contributed by atoms with Crippen LogP contribution >= 0.6 is 11.3 Å². The number of ether oxygens (including phenoxy) is 1. The Morgan fingerprint density at radius 3 is 2.38 bits per heavy atom. The minimum Gasteiger partial charge on any atom is -0.460 e. The van der Waals surface area contributed by atoms with E-state index in [1.54, 1.807) is 11.3 Å². The zero-order valence-corrected chi connectivity index (χ0v) is 20.4. The Bertz CT molecular complexity index is 1350. The van der Waals surface area contributed by atoms with Gasteiger partial charge in [-0.15, -0.1) is 0 Å². The van der Waals surface area contributed by atoms with Gasteiger partial charge in [-0.05, 0) is 62.7 Å². The highest BCUT2D eigenvalue weighted by atomic mass is 32.1. The van der Waals surface area contributed by atoms with Crippen molar-refractivity contribution in [3.8, 4) is 10.6 Å². The standard InChI is InChI=1S/C28H27N3O2S/c1-27(2,3)33-24(32)15-18-29-21-11-9-19(10-12-21)25-30-22-13-14-23(31-26(22)34-25)28(16-17-28)20-7-5-4-6-8-20/h4-14,16-17,29H,15,18H2,1-3H3. The molecule has 4 aromatic rings. The number of hydrogen-bond donors (Lipinski definition) is 1. The van der Waals surface area contributed by atoms with Crippen LogP contribution in [0, 0.1) is 0 Å². The Morgan fingerprint density at radius 2 is 1.71 bits per heavy atom. The number of rotatable bonds is 7. The molecule has 2 aromatic heterocycles. The first-order valence-electron chi connectivity index (χ1n) is 11.4. The van der Waals surface area contributed by atoms with E-state index >= 15 is 0 Å². The number of thiazole rings is 1. The van der Waals surface area contributed by atoms with Crippen molar-refractivity contribution in [2.45, 2.75) is 38.2 Å². The Labute approximate surface area is 203 Å². The number of carbonyl (C=O) groups excluding carboxylic acids is 1. The summed E-state index contributed by atoms with van der Waals surface area (Å²) in [6.07, 6.45) is 4.73. The number of hydrogen-bond acceptors (Lipinski definition) is 6. The summed E-state index contributed by atoms with van der Waals surface area (Å²) in [5.41, 5.74) is 4.54. The Morgan fingerprint density at radius 1 is 0.971 bits per heavy atom. The summed E-state index contributed by atoms with van der Waals surface area (Å²) >= 11 is 1.60. The number of allylic oxidation sites excluding steroid dienone is 2. The molecule has 0 saturated carbocycles. The minimum atomic E-state index is -0.455. The summed E-state index contributed by atoms with van der Waals surface area (Å²) in [5, 5.41) is 4.22. The maximum atomic E-state index is 11.9. The third-order valence-electron chi connectivity index (χ3n) is 5.64. The lowest BCUT2D eigenvalue weighted by atomic mass is 9.89. The summed E-state index contributed by atoms with van der Waals surface area (Å²) < 4.78 is 5.34. The van der Waals surface area contributed by atoms with Gasteiger partial charge in [0.05, 0.1) is 17.5 Å². The summed E-state index contributed by atoms with van der Waals surface area (Å²) in [6.45, 7) is 6.15. The van der Waals surface area contributed by atoms with Gasteiger partial charge >= 0.3 is 5.97 Å². The predicted octanol–water partition coefficient (Wildman–Crippen LogP) is 6.36. The van der Waals surface area contributed by atoms with Crippen LogP contribution in [0.3, 0.4) is 0 Å². The first-order valence-corrected chi connectivity index (χ1v) is 12.2. The molecule has 1 aliphatic rings. The largest absolute Gasteiger partial charge is 0.460 e. The molecular weight excluding hydrogens is 442 g/mol. The number of nitrogens with one attached hydrogen (secondary N) is 1. The molecule has 0 radical (unpaired) electrons. The van der Waals surface area contributed by atoms with Crippen LogP contribution in [0.1, 0.15) is 38.4 Å². The van der Waals surface area contributed by atoms with Gasteiger partial charge in [0.1, 0.15) is 21.0 Å². The van der Waals surface area contributed by atoms with E-state index in [0.29, 0.717) is 13.0 Å². The maximum absolute atomic E-state index is 11.9. The van der Waals surface area contributed by atoms with Crippen molar-refractivity contribution in [2.75, 3.05) is 11.9 Å². The molecule has 34 heavy (non-hydrogen) atoms. The second-order valence-electron chi connectivity index (χ2n) is 9.45. The molecule has 0 fully saturated rings. The number of benzene rings is 2. The van der Waals surface area contributed by atoms with Gasteiger partial charge in [0.25, 0.3) is 0 Å². The molecule has 172 valence electrons. The second-order valence-corrected chi connectivity index (χ2v) is 10.4. The fourth-order valence-electron chi connectivity index (χ4n) is 3.91. The molecule has 2 heterocycles. The number of anilines is 1. The molecule has 0 saturated heterocycles. The molecule has 0 spiro atoms. The van der Waals surface area contributed by atoms with Crippen LogP contribution in [-0.4, -0.2) is 28.1 Å². The van der Waals surface area contributed by atoms with E-state index in [4.69, 9.17) is 14.7 Å². The SMILES string of the molecule is CC(C)(C)OC(=O)CCNc1ccc(-c2nc3ccc(C4(c5ccccc5)C=C4)nc3s2)cc1. The van der Waals surface area contributed by atoms with Crippen LogP contribution in [0.25, 0.3) is 20.9 Å². The molecule has 1 N–H and O–H groups in total. The second kappa shape index (κ2) is 8.69. The highest BCUT2D eigenvalue weighted by molar-refractivity contribution is 7.21. The molecule has 0 unspecified atom stereocenters. The number of esters is 1. The van der Waals surface area contributed by atoms with Crippen LogP contribution in [0.2, 0.25) is 0 Å². The average Bonchev–Trinajstić information content (AvgIpc) is 3.51. The van der Waals surface area contributed by atoms with E-state index in [1.165, 1.54) is 5.56 Å². The molecule has 1 aliphatic carbocycles. The number of carbonyl (C=O) groups is 1. The van der Waals surface area contributed by atoms with Gasteiger partial charge in [-0.2, -0.15) is 0 Å². The van der Waals surface area contributed by atoms with Crippen molar-refractivity contribution in [2.24, 2.45) is 0 Å². The van der Waals surface area contributed by atoms with E-state index in [0.717, 1.165) is 32.3 Å². The maximum Gasteiger partial charge on any atom is 0.308 e. The summed E-state index contributed by atoms with van der Waals surface area (Å²) in [4.78, 5) is 22.6. The Kier molecular flexibility index (Phi) is 5.70. The van der Waals surface area contributed by atoms with Crippen LogP contribution < -0.4 is 5.32 Å². The first kappa shape index (κ1) is 22.3. The van der Waals surface area contributed by atoms with Crippen molar-refractivity contribution < 1.29 is 9.53 Å². The number of pyridine rings is 1. The lowest BCUT2D eigenvalue weighted by Gasteiger charge is -2.19.